The zero-order valence-corrected chi connectivity index (χ0v) is 20.6. The van der Waals surface area contributed by atoms with Crippen molar-refractivity contribution < 1.29 is 5.11 Å². The summed E-state index contributed by atoms with van der Waals surface area (Å²) < 4.78 is 0. The van der Waals surface area contributed by atoms with Crippen molar-refractivity contribution in [2.24, 2.45) is 0 Å². The van der Waals surface area contributed by atoms with E-state index in [1.807, 2.05) is 24.3 Å². The molecule has 0 radical (unpaired) electrons. The highest BCUT2D eigenvalue weighted by atomic mass is 31.1. The molecule has 33 heavy (non-hydrogen) atoms. The average Bonchev–Trinajstić information content (AvgIpc) is 2.81. The van der Waals surface area contributed by atoms with Crippen molar-refractivity contribution in [2.45, 2.75) is 39.3 Å². The van der Waals surface area contributed by atoms with Gasteiger partial charge < -0.3 is 10.4 Å². The van der Waals surface area contributed by atoms with Crippen LogP contribution in [-0.4, -0.2) is 10.6 Å². The van der Waals surface area contributed by atoms with E-state index >= 15 is 0 Å². The Morgan fingerprint density at radius 1 is 0.727 bits per heavy atom. The summed E-state index contributed by atoms with van der Waals surface area (Å²) in [6.07, 6.45) is 0.839. The average molecular weight is 454 g/mol. The molecule has 0 saturated heterocycles. The standard InChI is InChI=1S/C30H32NOP/c1-30(2,3)31-21-25-16-10-11-17-27(25)33-28-20-23(18-22-12-6-4-7-13-22)19-26(29(28)32)24-14-8-5-9-15-24/h4-17,19-20,31-33H,18,21H2,1-3H3. The fourth-order valence-electron chi connectivity index (χ4n) is 3.86. The van der Waals surface area contributed by atoms with Crippen LogP contribution in [0.1, 0.15) is 37.5 Å². The zero-order valence-electron chi connectivity index (χ0n) is 19.6. The van der Waals surface area contributed by atoms with E-state index in [1.165, 1.54) is 22.0 Å². The molecule has 0 saturated carbocycles. The van der Waals surface area contributed by atoms with E-state index in [1.54, 1.807) is 0 Å². The van der Waals surface area contributed by atoms with Crippen LogP contribution in [0.4, 0.5) is 0 Å². The topological polar surface area (TPSA) is 32.3 Å². The van der Waals surface area contributed by atoms with Crippen LogP contribution in [0.15, 0.2) is 97.1 Å². The lowest BCUT2D eigenvalue weighted by Crippen LogP contribution is -2.36. The molecule has 0 fully saturated rings. The third-order valence-electron chi connectivity index (χ3n) is 5.60. The Morgan fingerprint density at radius 2 is 1.36 bits per heavy atom. The number of aromatic hydroxyl groups is 1. The third-order valence-corrected chi connectivity index (χ3v) is 7.01. The van der Waals surface area contributed by atoms with Crippen molar-refractivity contribution in [2.75, 3.05) is 0 Å². The molecule has 0 spiro atoms. The number of hydrogen-bond donors (Lipinski definition) is 2. The number of hydrogen-bond acceptors (Lipinski definition) is 2. The number of benzene rings is 4. The molecule has 0 aliphatic carbocycles. The fraction of sp³-hybridized carbons (Fsp3) is 0.200. The van der Waals surface area contributed by atoms with Gasteiger partial charge in [-0.15, -0.1) is 0 Å². The molecule has 4 rings (SSSR count). The van der Waals surface area contributed by atoms with Crippen LogP contribution in [0, 0.1) is 0 Å². The van der Waals surface area contributed by atoms with Gasteiger partial charge in [0.2, 0.25) is 0 Å². The maximum absolute atomic E-state index is 11.3. The van der Waals surface area contributed by atoms with Crippen LogP contribution in [0.3, 0.4) is 0 Å². The van der Waals surface area contributed by atoms with Crippen molar-refractivity contribution in [3.8, 4) is 16.9 Å². The van der Waals surface area contributed by atoms with E-state index in [4.69, 9.17) is 0 Å². The summed E-state index contributed by atoms with van der Waals surface area (Å²) in [6, 6.07) is 33.6. The number of phenols is 1. The molecule has 0 aromatic heterocycles. The zero-order chi connectivity index (χ0) is 23.3. The van der Waals surface area contributed by atoms with Crippen molar-refractivity contribution in [3.05, 3.63) is 114 Å². The Kier molecular flexibility index (Phi) is 7.28. The molecule has 168 valence electrons. The number of rotatable bonds is 7. The van der Waals surface area contributed by atoms with Crippen LogP contribution in [0.2, 0.25) is 0 Å². The molecule has 4 aromatic rings. The van der Waals surface area contributed by atoms with Gasteiger partial charge in [-0.2, -0.15) is 0 Å². The molecule has 2 nitrogen and oxygen atoms in total. The van der Waals surface area contributed by atoms with Gasteiger partial charge >= 0.3 is 0 Å². The Labute approximate surface area is 199 Å². The molecule has 1 atom stereocenters. The summed E-state index contributed by atoms with van der Waals surface area (Å²) in [5.74, 6) is 0.384. The Morgan fingerprint density at radius 3 is 2.06 bits per heavy atom. The summed E-state index contributed by atoms with van der Waals surface area (Å²) in [5.41, 5.74) is 5.75. The lowest BCUT2D eigenvalue weighted by molar-refractivity contribution is 0.425. The predicted molar refractivity (Wildman–Crippen MR) is 143 cm³/mol. The molecule has 4 aromatic carbocycles. The summed E-state index contributed by atoms with van der Waals surface area (Å²) in [4.78, 5) is 0. The first-order valence-electron chi connectivity index (χ1n) is 11.4. The summed E-state index contributed by atoms with van der Waals surface area (Å²) in [5, 5.41) is 17.2. The number of phenolic OH excluding ortho intramolecular Hbond substituents is 1. The fourth-order valence-corrected chi connectivity index (χ4v) is 5.18. The van der Waals surface area contributed by atoms with Crippen LogP contribution < -0.4 is 15.9 Å². The van der Waals surface area contributed by atoms with Crippen LogP contribution in [-0.2, 0) is 13.0 Å². The molecular formula is C30H32NOP. The van der Waals surface area contributed by atoms with Crippen molar-refractivity contribution in [3.63, 3.8) is 0 Å². The molecule has 0 aliphatic heterocycles. The van der Waals surface area contributed by atoms with Gasteiger partial charge in [0.15, 0.2) is 0 Å². The maximum atomic E-state index is 11.3. The van der Waals surface area contributed by atoms with Crippen LogP contribution >= 0.6 is 8.58 Å². The molecule has 0 bridgehead atoms. The quantitative estimate of drug-likeness (QED) is 0.328. The maximum Gasteiger partial charge on any atom is 0.131 e. The van der Waals surface area contributed by atoms with Crippen LogP contribution in [0.25, 0.3) is 11.1 Å². The summed E-state index contributed by atoms with van der Waals surface area (Å²) in [6.45, 7) is 7.36. The van der Waals surface area contributed by atoms with E-state index in [-0.39, 0.29) is 5.54 Å². The minimum Gasteiger partial charge on any atom is -0.507 e. The van der Waals surface area contributed by atoms with Gasteiger partial charge in [0.1, 0.15) is 5.75 Å². The van der Waals surface area contributed by atoms with E-state index in [0.29, 0.717) is 14.3 Å². The van der Waals surface area contributed by atoms with Crippen molar-refractivity contribution in [1.82, 2.24) is 5.32 Å². The minimum absolute atomic E-state index is 0.0500. The van der Waals surface area contributed by atoms with Gasteiger partial charge in [-0.05, 0) is 66.9 Å². The highest BCUT2D eigenvalue weighted by molar-refractivity contribution is 7.55. The monoisotopic (exact) mass is 453 g/mol. The summed E-state index contributed by atoms with van der Waals surface area (Å²) in [7, 11) is 0.376. The molecule has 3 heteroatoms. The largest absolute Gasteiger partial charge is 0.507 e. The second-order valence-corrected chi connectivity index (χ2v) is 10.8. The molecule has 0 amide bonds. The highest BCUT2D eigenvalue weighted by Crippen LogP contribution is 2.33. The summed E-state index contributed by atoms with van der Waals surface area (Å²) >= 11 is 0. The van der Waals surface area contributed by atoms with Crippen molar-refractivity contribution >= 4 is 19.2 Å². The van der Waals surface area contributed by atoms with Gasteiger partial charge in [0, 0.05) is 23.0 Å². The van der Waals surface area contributed by atoms with Gasteiger partial charge in [0.05, 0.1) is 0 Å². The van der Waals surface area contributed by atoms with Crippen molar-refractivity contribution in [1.29, 1.82) is 0 Å². The molecule has 0 heterocycles. The molecule has 2 N–H and O–H groups in total. The first-order valence-corrected chi connectivity index (χ1v) is 12.4. The first kappa shape index (κ1) is 23.2. The van der Waals surface area contributed by atoms with E-state index in [2.05, 4.69) is 98.9 Å². The third kappa shape index (κ3) is 6.32. The number of nitrogens with one attached hydrogen (secondary N) is 1. The van der Waals surface area contributed by atoms with E-state index in [0.717, 1.165) is 29.4 Å². The Balaban J connectivity index is 1.73. The van der Waals surface area contributed by atoms with E-state index < -0.39 is 0 Å². The van der Waals surface area contributed by atoms with Gasteiger partial charge in [-0.1, -0.05) is 93.5 Å². The van der Waals surface area contributed by atoms with Gasteiger partial charge in [-0.25, -0.2) is 0 Å². The smallest absolute Gasteiger partial charge is 0.131 e. The van der Waals surface area contributed by atoms with Gasteiger partial charge in [-0.3, -0.25) is 0 Å². The molecular weight excluding hydrogens is 421 g/mol. The SMILES string of the molecule is CC(C)(C)NCc1ccccc1Pc1cc(Cc2ccccc2)cc(-c2ccccc2)c1O. The first-order chi connectivity index (χ1) is 15.9. The normalized spacial score (nSPS) is 11.8. The highest BCUT2D eigenvalue weighted by Gasteiger charge is 2.15. The Bertz CT molecular complexity index is 1200. The second kappa shape index (κ2) is 10.3. The lowest BCUT2D eigenvalue weighted by Gasteiger charge is -2.22. The van der Waals surface area contributed by atoms with Crippen LogP contribution in [0.5, 0.6) is 5.75 Å². The minimum atomic E-state index is 0.0500. The molecule has 1 unspecified atom stereocenters. The predicted octanol–water partition coefficient (Wildman–Crippen LogP) is 6.17. The van der Waals surface area contributed by atoms with Gasteiger partial charge in [0.25, 0.3) is 0 Å². The lowest BCUT2D eigenvalue weighted by atomic mass is 9.98. The van der Waals surface area contributed by atoms with E-state index in [9.17, 15) is 5.11 Å². The molecule has 0 aliphatic rings. The second-order valence-electron chi connectivity index (χ2n) is 9.45. The Hall–Kier alpha value is -2.93.